The van der Waals surface area contributed by atoms with Crippen LogP contribution in [0.4, 0.5) is 11.4 Å². The summed E-state index contributed by atoms with van der Waals surface area (Å²) in [5.74, 6) is -10.5. The van der Waals surface area contributed by atoms with Gasteiger partial charge in [0.25, 0.3) is 20.0 Å². The van der Waals surface area contributed by atoms with E-state index in [2.05, 4.69) is 0 Å². The molecule has 4 aromatic rings. The first kappa shape index (κ1) is 38.9. The quantitative estimate of drug-likeness (QED) is 0.0734. The minimum absolute atomic E-state index is 0. The number of hydrogen-bond acceptors (Lipinski definition) is 12. The summed E-state index contributed by atoms with van der Waals surface area (Å²) in [6.45, 7) is 0. The number of aromatic carboxylic acids is 4. The molecule has 0 aliphatic heterocycles. The second-order valence-electron chi connectivity index (χ2n) is 10.0. The van der Waals surface area contributed by atoms with Crippen LogP contribution in [-0.2, 0) is 26.5 Å². The van der Waals surface area contributed by atoms with Crippen molar-refractivity contribution in [3.05, 3.63) is 94.0 Å². The Kier molecular flexibility index (Phi) is 11.3. The van der Waals surface area contributed by atoms with Crippen LogP contribution in [0.2, 0.25) is 0 Å². The molecule has 4 aromatic carbocycles. The number of carboxylic acids is 4. The van der Waals surface area contributed by atoms with Crippen LogP contribution in [0.25, 0.3) is 0 Å². The molecule has 0 saturated carbocycles. The number of nitrogens with one attached hydrogen (secondary N) is 2. The van der Waals surface area contributed by atoms with Gasteiger partial charge in [-0.15, -0.1) is 0 Å². The van der Waals surface area contributed by atoms with E-state index < -0.39 is 117 Å². The van der Waals surface area contributed by atoms with E-state index in [1.165, 1.54) is 0 Å². The van der Waals surface area contributed by atoms with Gasteiger partial charge in [-0.3, -0.25) is 9.44 Å². The Morgan fingerprint density at radius 1 is 0.500 bits per heavy atom. The Balaban J connectivity index is 0.00000676. The molecule has 0 saturated heterocycles. The van der Waals surface area contributed by atoms with Gasteiger partial charge in [-0.25, -0.2) is 36.0 Å². The molecule has 0 aliphatic carbocycles. The molecule has 50 heavy (non-hydrogen) atoms. The zero-order valence-electron chi connectivity index (χ0n) is 25.1. The molecule has 257 valence electrons. The maximum Gasteiger partial charge on any atom is 0.339 e. The average molecular weight is 742 g/mol. The minimum Gasteiger partial charge on any atom is -0.507 e. The van der Waals surface area contributed by atoms with Gasteiger partial charge in [0.05, 0.1) is 21.2 Å². The van der Waals surface area contributed by atoms with Crippen molar-refractivity contribution in [3.8, 4) is 23.0 Å². The predicted octanol–water partition coefficient (Wildman–Crippen LogP) is 2.11. The number of sulfonamides is 2. The summed E-state index contributed by atoms with van der Waals surface area (Å²) < 4.78 is 56.1. The van der Waals surface area contributed by atoms with Crippen molar-refractivity contribution in [1.29, 1.82) is 0 Å². The van der Waals surface area contributed by atoms with Gasteiger partial charge in [0.2, 0.25) is 0 Å². The Labute approximate surface area is 302 Å². The largest absolute Gasteiger partial charge is 0.507 e. The van der Waals surface area contributed by atoms with Gasteiger partial charge in [0, 0.05) is 29.6 Å². The van der Waals surface area contributed by atoms with E-state index in [4.69, 9.17) is 0 Å². The first-order valence-electron chi connectivity index (χ1n) is 13.1. The first-order chi connectivity index (χ1) is 22.7. The number of aromatic hydroxyl groups is 4. The fourth-order valence-electron chi connectivity index (χ4n) is 4.42. The third kappa shape index (κ3) is 8.18. The number of anilines is 2. The Morgan fingerprint density at radius 2 is 0.820 bits per heavy atom. The van der Waals surface area contributed by atoms with Crippen molar-refractivity contribution >= 4 is 84.9 Å². The van der Waals surface area contributed by atoms with Gasteiger partial charge in [-0.2, -0.15) is 0 Å². The predicted molar refractivity (Wildman–Crippen MR) is 170 cm³/mol. The number of rotatable bonds is 12. The number of benzene rings is 4. The van der Waals surface area contributed by atoms with Crippen LogP contribution >= 0.6 is 0 Å². The smallest absolute Gasteiger partial charge is 0.339 e. The van der Waals surface area contributed by atoms with Gasteiger partial charge in [0.15, 0.2) is 11.5 Å². The molecule has 0 aromatic heterocycles. The molecule has 0 atom stereocenters. The molecule has 21 heteroatoms. The molecule has 0 heterocycles. The fourth-order valence-corrected chi connectivity index (χ4v) is 6.59. The molecule has 0 amide bonds. The van der Waals surface area contributed by atoms with Gasteiger partial charge in [-0.1, -0.05) is 0 Å². The van der Waals surface area contributed by atoms with Crippen LogP contribution in [0.3, 0.4) is 0 Å². The zero-order valence-corrected chi connectivity index (χ0v) is 28.8. The van der Waals surface area contributed by atoms with Crippen molar-refractivity contribution in [2.24, 2.45) is 0 Å². The number of carbonyl (C=O) groups is 4. The van der Waals surface area contributed by atoms with E-state index in [-0.39, 0.29) is 40.7 Å². The molecule has 10 N–H and O–H groups in total. The second kappa shape index (κ2) is 14.5. The Morgan fingerprint density at radius 3 is 1.12 bits per heavy atom. The number of phenols is 4. The molecular weight excluding hydrogens is 719 g/mol. The molecule has 0 unspecified atom stereocenters. The second-order valence-corrected chi connectivity index (χ2v) is 13.4. The molecule has 0 spiro atoms. The van der Waals surface area contributed by atoms with Gasteiger partial charge in [0.1, 0.15) is 33.8 Å². The maximum atomic E-state index is 13.1. The first-order valence-corrected chi connectivity index (χ1v) is 16.0. The summed E-state index contributed by atoms with van der Waals surface area (Å²) in [4.78, 5) is 45.2. The van der Waals surface area contributed by atoms with E-state index in [0.29, 0.717) is 12.1 Å². The summed E-state index contributed by atoms with van der Waals surface area (Å²) >= 11 is 0. The summed E-state index contributed by atoms with van der Waals surface area (Å²) in [6.07, 6.45) is -0.477. The van der Waals surface area contributed by atoms with Crippen LogP contribution < -0.4 is 9.44 Å². The minimum atomic E-state index is -4.75. The number of hydrogen-bond donors (Lipinski definition) is 10. The van der Waals surface area contributed by atoms with Crippen molar-refractivity contribution in [2.45, 2.75) is 16.2 Å². The Bertz CT molecular complexity index is 2150. The van der Waals surface area contributed by atoms with Crippen molar-refractivity contribution < 1.29 is 76.9 Å². The summed E-state index contributed by atoms with van der Waals surface area (Å²) in [5, 5.41) is 78.3. The molecule has 1 radical (unpaired) electrons. The third-order valence-electron chi connectivity index (χ3n) is 6.71. The van der Waals surface area contributed by atoms with Gasteiger partial charge in [-0.05, 0) is 78.2 Å². The standard InChI is InChI=1S/C29H22N2O16S2.Na/c32-22-3-1-14(10-16(22)26(36)37)48(44,45)30-20-8-12(6-18(24(20)34)28(40)41)5-13-7-19(29(42)43)25(35)21(9-13)31-49(46,47)15-2-4-23(33)17(11-15)27(38)39;/h1-4,6-11,30-35H,5H2,(H,36,37)(H,38,39)(H,40,41)(H,42,43);. The van der Waals surface area contributed by atoms with Crippen LogP contribution in [0.5, 0.6) is 23.0 Å². The van der Waals surface area contributed by atoms with Crippen LogP contribution in [0, 0.1) is 0 Å². The summed E-state index contributed by atoms with van der Waals surface area (Å²) in [6, 6.07) is 8.09. The van der Waals surface area contributed by atoms with E-state index >= 15 is 0 Å². The maximum absolute atomic E-state index is 13.1. The average Bonchev–Trinajstić information content (AvgIpc) is 2.99. The van der Waals surface area contributed by atoms with Crippen molar-refractivity contribution in [3.63, 3.8) is 0 Å². The molecule has 0 fully saturated rings. The van der Waals surface area contributed by atoms with Crippen LogP contribution in [0.1, 0.15) is 52.6 Å². The normalized spacial score (nSPS) is 11.2. The third-order valence-corrected chi connectivity index (χ3v) is 9.44. The van der Waals surface area contributed by atoms with E-state index in [1.807, 2.05) is 9.44 Å². The molecular formula is C29H22N2NaO16S2. The SMILES string of the molecule is O=C(O)c1cc(S(=O)(=O)Nc2cc(Cc3cc(NS(=O)(=O)c4ccc(O)c(C(=O)O)c4)c(O)c(C(=O)O)c3)cc(C(=O)O)c2O)ccc1O.[Na]. The van der Waals surface area contributed by atoms with E-state index in [9.17, 15) is 76.9 Å². The summed E-state index contributed by atoms with van der Waals surface area (Å²) in [7, 11) is -9.49. The van der Waals surface area contributed by atoms with Gasteiger partial charge < -0.3 is 40.9 Å². The topological polar surface area (TPSA) is 322 Å². The molecule has 18 nitrogen and oxygen atoms in total. The fraction of sp³-hybridized carbons (Fsp3) is 0.0345. The van der Waals surface area contributed by atoms with E-state index in [1.54, 1.807) is 0 Å². The van der Waals surface area contributed by atoms with E-state index in [0.717, 1.165) is 48.5 Å². The summed E-state index contributed by atoms with van der Waals surface area (Å²) in [5.41, 5.74) is -4.91. The zero-order chi connectivity index (χ0) is 36.6. The Hall–Kier alpha value is -5.54. The monoisotopic (exact) mass is 741 g/mol. The molecule has 0 aliphatic rings. The molecule has 4 rings (SSSR count). The van der Waals surface area contributed by atoms with Crippen LogP contribution in [0.15, 0.2) is 70.5 Å². The van der Waals surface area contributed by atoms with Gasteiger partial charge >= 0.3 is 23.9 Å². The van der Waals surface area contributed by atoms with Crippen LogP contribution in [-0.4, -0.2) is 111 Å². The molecule has 0 bridgehead atoms. The van der Waals surface area contributed by atoms with Crippen molar-refractivity contribution in [2.75, 3.05) is 9.44 Å². The van der Waals surface area contributed by atoms with Crippen molar-refractivity contribution in [1.82, 2.24) is 0 Å². The number of carboxylic acid groups (broad SMARTS) is 4.